The highest BCUT2D eigenvalue weighted by molar-refractivity contribution is 5.84. The normalized spacial score (nSPS) is 10.7. The number of methoxy groups -OCH3 is 1. The van der Waals surface area contributed by atoms with E-state index in [4.69, 9.17) is 14.6 Å². The molecule has 0 spiro atoms. The van der Waals surface area contributed by atoms with Gasteiger partial charge in [0.2, 0.25) is 0 Å². The van der Waals surface area contributed by atoms with Gasteiger partial charge in [-0.15, -0.1) is 6.58 Å². The molecule has 3 aromatic rings. The van der Waals surface area contributed by atoms with E-state index in [1.807, 2.05) is 48.5 Å². The summed E-state index contributed by atoms with van der Waals surface area (Å²) >= 11 is 0. The van der Waals surface area contributed by atoms with Crippen molar-refractivity contribution < 1.29 is 19.4 Å². The van der Waals surface area contributed by atoms with E-state index in [2.05, 4.69) is 23.7 Å². The van der Waals surface area contributed by atoms with Crippen LogP contribution in [0.4, 0.5) is 5.69 Å². The number of benzene rings is 3. The van der Waals surface area contributed by atoms with Gasteiger partial charge in [0.25, 0.3) is 0 Å². The summed E-state index contributed by atoms with van der Waals surface area (Å²) in [6.07, 6.45) is 3.98. The summed E-state index contributed by atoms with van der Waals surface area (Å²) in [4.78, 5) is 15.4. The van der Waals surface area contributed by atoms with Crippen LogP contribution in [0.15, 0.2) is 84.4 Å². The van der Waals surface area contributed by atoms with E-state index >= 15 is 0 Å². The smallest absolute Gasteiger partial charge is 0.341 e. The minimum Gasteiger partial charge on any atom is -0.493 e. The van der Waals surface area contributed by atoms with Crippen LogP contribution in [0.3, 0.4) is 0 Å². The van der Waals surface area contributed by atoms with Crippen LogP contribution >= 0.6 is 0 Å². The Hall–Kier alpha value is -3.86. The van der Waals surface area contributed by atoms with Crippen molar-refractivity contribution in [2.75, 3.05) is 13.7 Å². The lowest BCUT2D eigenvalue weighted by Gasteiger charge is -2.14. The summed E-state index contributed by atoms with van der Waals surface area (Å²) in [6.45, 7) is 3.32. The van der Waals surface area contributed by atoms with Crippen molar-refractivity contribution in [1.29, 1.82) is 0 Å². The molecule has 0 saturated heterocycles. The highest BCUT2D eigenvalue weighted by atomic mass is 16.5. The fourth-order valence-corrected chi connectivity index (χ4v) is 3.03. The molecule has 5 nitrogen and oxygen atoms in total. The third-order valence-corrected chi connectivity index (χ3v) is 4.42. The Morgan fingerprint density at radius 3 is 2.40 bits per heavy atom. The average Bonchev–Trinajstić information content (AvgIpc) is 2.77. The van der Waals surface area contributed by atoms with Crippen LogP contribution < -0.4 is 9.47 Å². The van der Waals surface area contributed by atoms with Crippen LogP contribution in [0.25, 0.3) is 11.1 Å². The molecule has 0 heterocycles. The van der Waals surface area contributed by atoms with Crippen LogP contribution in [-0.4, -0.2) is 31.0 Å². The number of ether oxygens (including phenoxy) is 2. The van der Waals surface area contributed by atoms with Crippen LogP contribution in [0.1, 0.15) is 11.1 Å². The van der Waals surface area contributed by atoms with Gasteiger partial charge in [0, 0.05) is 11.8 Å². The van der Waals surface area contributed by atoms with Gasteiger partial charge in [-0.3, -0.25) is 4.99 Å². The summed E-state index contributed by atoms with van der Waals surface area (Å²) in [5.74, 6) is -0.188. The molecule has 0 aliphatic carbocycles. The number of aliphatic imine (C=N–C) groups is 1. The molecule has 0 unspecified atom stereocenters. The second kappa shape index (κ2) is 10.1. The van der Waals surface area contributed by atoms with Crippen molar-refractivity contribution in [2.24, 2.45) is 4.99 Å². The van der Waals surface area contributed by atoms with E-state index in [9.17, 15) is 4.79 Å². The minimum atomic E-state index is -1.05. The monoisotopic (exact) mass is 401 g/mol. The molecule has 0 fully saturated rings. The SMILES string of the molecule is C=CCc1cc(C=Nc2ccc(-c3ccccc3)cc2)cc(OC)c1OCC(=O)O. The van der Waals surface area contributed by atoms with Gasteiger partial charge in [0.15, 0.2) is 18.1 Å². The lowest BCUT2D eigenvalue weighted by atomic mass is 10.1. The fraction of sp³-hybridized carbons (Fsp3) is 0.120. The van der Waals surface area contributed by atoms with Crippen molar-refractivity contribution in [1.82, 2.24) is 0 Å². The molecule has 0 aliphatic rings. The first kappa shape index (κ1) is 20.9. The van der Waals surface area contributed by atoms with Gasteiger partial charge in [-0.05, 0) is 47.4 Å². The zero-order valence-corrected chi connectivity index (χ0v) is 16.7. The molecule has 0 aromatic heterocycles. The van der Waals surface area contributed by atoms with Gasteiger partial charge < -0.3 is 14.6 Å². The van der Waals surface area contributed by atoms with Gasteiger partial charge in [-0.1, -0.05) is 48.5 Å². The Balaban J connectivity index is 1.84. The Kier molecular flexibility index (Phi) is 7.00. The van der Waals surface area contributed by atoms with Crippen LogP contribution in [-0.2, 0) is 11.2 Å². The largest absolute Gasteiger partial charge is 0.493 e. The van der Waals surface area contributed by atoms with Crippen molar-refractivity contribution >= 4 is 17.9 Å². The van der Waals surface area contributed by atoms with Crippen molar-refractivity contribution in [3.8, 4) is 22.6 Å². The number of allylic oxidation sites excluding steroid dienone is 1. The standard InChI is InChI=1S/C25H23NO4/c1-3-7-21-14-18(15-23(29-2)25(21)30-17-24(27)28)16-26-22-12-10-20(11-13-22)19-8-5-4-6-9-19/h3-6,8-16H,1,7,17H2,2H3,(H,27,28). The van der Waals surface area contributed by atoms with E-state index in [-0.39, 0.29) is 0 Å². The maximum atomic E-state index is 10.9. The van der Waals surface area contributed by atoms with Gasteiger partial charge in [-0.2, -0.15) is 0 Å². The first-order chi connectivity index (χ1) is 14.6. The maximum Gasteiger partial charge on any atom is 0.341 e. The molecule has 0 radical (unpaired) electrons. The molecule has 0 aliphatic heterocycles. The first-order valence-electron chi connectivity index (χ1n) is 9.46. The zero-order valence-electron chi connectivity index (χ0n) is 16.7. The van der Waals surface area contributed by atoms with E-state index in [1.54, 1.807) is 18.4 Å². The molecule has 0 amide bonds. The lowest BCUT2D eigenvalue weighted by molar-refractivity contribution is -0.139. The molecule has 0 atom stereocenters. The van der Waals surface area contributed by atoms with Crippen LogP contribution in [0.2, 0.25) is 0 Å². The van der Waals surface area contributed by atoms with Gasteiger partial charge >= 0.3 is 5.97 Å². The second-order valence-electron chi connectivity index (χ2n) is 6.56. The summed E-state index contributed by atoms with van der Waals surface area (Å²) in [5, 5.41) is 8.91. The number of rotatable bonds is 9. The molecule has 1 N–H and O–H groups in total. The van der Waals surface area contributed by atoms with Crippen molar-refractivity contribution in [3.05, 3.63) is 90.5 Å². The summed E-state index contributed by atoms with van der Waals surface area (Å²) < 4.78 is 10.8. The predicted octanol–water partition coefficient (Wildman–Crippen LogP) is 5.30. The molecule has 3 rings (SSSR count). The van der Waals surface area contributed by atoms with E-state index in [0.29, 0.717) is 17.9 Å². The highest BCUT2D eigenvalue weighted by Crippen LogP contribution is 2.33. The molecule has 0 saturated carbocycles. The summed E-state index contributed by atoms with van der Waals surface area (Å²) in [6, 6.07) is 21.8. The molecule has 5 heteroatoms. The average molecular weight is 401 g/mol. The number of hydrogen-bond acceptors (Lipinski definition) is 4. The Labute approximate surface area is 175 Å². The molecule has 0 bridgehead atoms. The Morgan fingerprint density at radius 1 is 1.07 bits per heavy atom. The maximum absolute atomic E-state index is 10.9. The summed E-state index contributed by atoms with van der Waals surface area (Å²) in [7, 11) is 1.52. The summed E-state index contributed by atoms with van der Waals surface area (Å²) in [5.41, 5.74) is 4.71. The number of carboxylic acids is 1. The number of carbonyl (C=O) groups is 1. The highest BCUT2D eigenvalue weighted by Gasteiger charge is 2.13. The number of carboxylic acid groups (broad SMARTS) is 1. The first-order valence-corrected chi connectivity index (χ1v) is 9.46. The fourth-order valence-electron chi connectivity index (χ4n) is 3.03. The van der Waals surface area contributed by atoms with Gasteiger partial charge in [0.05, 0.1) is 12.8 Å². The van der Waals surface area contributed by atoms with Gasteiger partial charge in [0.1, 0.15) is 0 Å². The molecule has 152 valence electrons. The number of nitrogens with zero attached hydrogens (tertiary/aromatic N) is 1. The topological polar surface area (TPSA) is 68.1 Å². The number of hydrogen-bond donors (Lipinski definition) is 1. The third-order valence-electron chi connectivity index (χ3n) is 4.42. The third kappa shape index (κ3) is 5.35. The molecular formula is C25H23NO4. The molecular weight excluding hydrogens is 378 g/mol. The predicted molar refractivity (Wildman–Crippen MR) is 119 cm³/mol. The Morgan fingerprint density at radius 2 is 1.77 bits per heavy atom. The van der Waals surface area contributed by atoms with E-state index < -0.39 is 12.6 Å². The second-order valence-corrected chi connectivity index (χ2v) is 6.56. The van der Waals surface area contributed by atoms with E-state index in [1.165, 1.54) is 7.11 Å². The van der Waals surface area contributed by atoms with Crippen LogP contribution in [0.5, 0.6) is 11.5 Å². The zero-order chi connectivity index (χ0) is 21.3. The Bertz CT molecular complexity index is 1040. The minimum absolute atomic E-state index is 0.407. The van der Waals surface area contributed by atoms with Crippen molar-refractivity contribution in [3.63, 3.8) is 0 Å². The quantitative estimate of drug-likeness (QED) is 0.390. The van der Waals surface area contributed by atoms with Crippen molar-refractivity contribution in [2.45, 2.75) is 6.42 Å². The van der Waals surface area contributed by atoms with Gasteiger partial charge in [-0.25, -0.2) is 4.79 Å². The number of aliphatic carboxylic acids is 1. The van der Waals surface area contributed by atoms with Crippen LogP contribution in [0, 0.1) is 0 Å². The van der Waals surface area contributed by atoms with E-state index in [0.717, 1.165) is 27.9 Å². The molecule has 3 aromatic carbocycles. The lowest BCUT2D eigenvalue weighted by Crippen LogP contribution is -2.11. The molecule has 30 heavy (non-hydrogen) atoms.